The number of hydrogen-bond acceptors (Lipinski definition) is 2. The fourth-order valence-corrected chi connectivity index (χ4v) is 2.28. The third-order valence-electron chi connectivity index (χ3n) is 2.90. The second-order valence-corrected chi connectivity index (χ2v) is 5.17. The van der Waals surface area contributed by atoms with Crippen LogP contribution in [0.4, 0.5) is 0 Å². The number of guanidine groups is 1. The number of benzene rings is 2. The summed E-state index contributed by atoms with van der Waals surface area (Å²) in [6.45, 7) is 1.29. The smallest absolute Gasteiger partial charge is 0.190 e. The van der Waals surface area contributed by atoms with Crippen LogP contribution in [0, 0.1) is 0 Å². The Labute approximate surface area is 150 Å². The van der Waals surface area contributed by atoms with Gasteiger partial charge in [-0.3, -0.25) is 4.99 Å². The van der Waals surface area contributed by atoms with Crippen molar-refractivity contribution in [3.05, 3.63) is 40.9 Å². The molecule has 0 aliphatic heterocycles. The average Bonchev–Trinajstić information content (AvgIpc) is 2.47. The second-order valence-electron chi connectivity index (χ2n) is 4.25. The first-order valence-corrected chi connectivity index (χ1v) is 7.23. The van der Waals surface area contributed by atoms with Crippen LogP contribution in [0.5, 0.6) is 5.75 Å². The number of nitrogens with zero attached hydrogens (tertiary/aromatic N) is 1. The van der Waals surface area contributed by atoms with Gasteiger partial charge in [0.25, 0.3) is 0 Å². The quantitative estimate of drug-likeness (QED) is 0.316. The first kappa shape index (κ1) is 18.0. The Balaban J connectivity index is 0.00000220. The molecule has 0 radical (unpaired) electrons. The van der Waals surface area contributed by atoms with Gasteiger partial charge in [0.1, 0.15) is 12.4 Å². The molecule has 0 atom stereocenters. The van der Waals surface area contributed by atoms with Gasteiger partial charge in [-0.25, -0.2) is 0 Å². The summed E-state index contributed by atoms with van der Waals surface area (Å²) in [5.41, 5.74) is 0. The number of aliphatic imine (C=N–C) groups is 1. The van der Waals surface area contributed by atoms with Gasteiger partial charge < -0.3 is 15.4 Å². The van der Waals surface area contributed by atoms with Crippen LogP contribution in [0.1, 0.15) is 0 Å². The maximum Gasteiger partial charge on any atom is 0.190 e. The number of rotatable bonds is 4. The Kier molecular flexibility index (Phi) is 7.81. The van der Waals surface area contributed by atoms with Crippen LogP contribution >= 0.6 is 39.9 Å². The summed E-state index contributed by atoms with van der Waals surface area (Å²) in [6, 6.07) is 12.3. The van der Waals surface area contributed by atoms with Gasteiger partial charge in [0.15, 0.2) is 5.96 Å². The van der Waals surface area contributed by atoms with Crippen LogP contribution in [-0.4, -0.2) is 33.2 Å². The van der Waals surface area contributed by atoms with E-state index in [9.17, 15) is 0 Å². The lowest BCUT2D eigenvalue weighted by atomic mass is 10.1. The molecule has 0 fully saturated rings. The van der Waals surface area contributed by atoms with E-state index in [0.29, 0.717) is 13.2 Å². The summed E-state index contributed by atoms with van der Waals surface area (Å²) in [4.78, 5) is 4.03. The predicted molar refractivity (Wildman–Crippen MR) is 103 cm³/mol. The van der Waals surface area contributed by atoms with Crippen molar-refractivity contribution in [2.45, 2.75) is 0 Å². The Morgan fingerprint density at radius 2 is 1.90 bits per heavy atom. The minimum atomic E-state index is 0. The van der Waals surface area contributed by atoms with Crippen molar-refractivity contribution in [2.24, 2.45) is 4.99 Å². The first-order valence-electron chi connectivity index (χ1n) is 6.43. The molecule has 21 heavy (non-hydrogen) atoms. The zero-order valence-electron chi connectivity index (χ0n) is 12.0. The molecule has 0 aromatic heterocycles. The Bertz CT molecular complexity index is 619. The SMILES string of the molecule is CN=C(NC)NCCOc1ccc2cc(Br)ccc2c1.I. The van der Waals surface area contributed by atoms with E-state index in [1.54, 1.807) is 7.05 Å². The maximum atomic E-state index is 5.73. The third-order valence-corrected chi connectivity index (χ3v) is 3.39. The number of halogens is 2. The minimum Gasteiger partial charge on any atom is -0.492 e. The highest BCUT2D eigenvalue weighted by Crippen LogP contribution is 2.23. The molecular weight excluding hydrogens is 445 g/mol. The Hall–Kier alpha value is -1.02. The zero-order valence-corrected chi connectivity index (χ0v) is 15.9. The molecule has 114 valence electrons. The summed E-state index contributed by atoms with van der Waals surface area (Å²) >= 11 is 3.47. The molecule has 0 amide bonds. The molecule has 4 nitrogen and oxygen atoms in total. The number of ether oxygens (including phenoxy) is 1. The van der Waals surface area contributed by atoms with Crippen LogP contribution in [0.3, 0.4) is 0 Å². The van der Waals surface area contributed by atoms with E-state index in [1.165, 1.54) is 10.8 Å². The normalized spacial score (nSPS) is 10.9. The lowest BCUT2D eigenvalue weighted by molar-refractivity contribution is 0.322. The molecule has 0 aliphatic rings. The van der Waals surface area contributed by atoms with Crippen molar-refractivity contribution < 1.29 is 4.74 Å². The van der Waals surface area contributed by atoms with Crippen LogP contribution < -0.4 is 15.4 Å². The van der Waals surface area contributed by atoms with Gasteiger partial charge in [-0.2, -0.15) is 0 Å². The van der Waals surface area contributed by atoms with Crippen molar-refractivity contribution in [1.29, 1.82) is 0 Å². The van der Waals surface area contributed by atoms with E-state index < -0.39 is 0 Å². The first-order chi connectivity index (χ1) is 9.72. The van der Waals surface area contributed by atoms with Crippen molar-refractivity contribution in [1.82, 2.24) is 10.6 Å². The van der Waals surface area contributed by atoms with E-state index in [2.05, 4.69) is 55.8 Å². The zero-order chi connectivity index (χ0) is 14.4. The van der Waals surface area contributed by atoms with Gasteiger partial charge in [-0.1, -0.05) is 28.1 Å². The number of fused-ring (bicyclic) bond motifs is 1. The molecule has 2 N–H and O–H groups in total. The molecule has 0 saturated carbocycles. The number of nitrogens with one attached hydrogen (secondary N) is 2. The van der Waals surface area contributed by atoms with Crippen LogP contribution in [0.15, 0.2) is 45.9 Å². The average molecular weight is 464 g/mol. The number of hydrogen-bond donors (Lipinski definition) is 2. The molecular formula is C15H19BrIN3O. The summed E-state index contributed by atoms with van der Waals surface area (Å²) in [5.74, 6) is 1.64. The standard InChI is InChI=1S/C15H18BrN3O.HI/c1-17-15(18-2)19-7-8-20-14-6-4-11-9-13(16)5-3-12(11)10-14;/h3-6,9-10H,7-8H2,1-2H3,(H2,17,18,19);1H. The predicted octanol–water partition coefficient (Wildman–Crippen LogP) is 3.39. The molecule has 2 aromatic rings. The van der Waals surface area contributed by atoms with Crippen molar-refractivity contribution in [3.8, 4) is 5.75 Å². The van der Waals surface area contributed by atoms with Crippen LogP contribution in [-0.2, 0) is 0 Å². The minimum absolute atomic E-state index is 0. The maximum absolute atomic E-state index is 5.73. The molecule has 0 bridgehead atoms. The van der Waals surface area contributed by atoms with Crippen molar-refractivity contribution in [3.63, 3.8) is 0 Å². The van der Waals surface area contributed by atoms with Gasteiger partial charge in [-0.15, -0.1) is 24.0 Å². The molecule has 0 spiro atoms. The van der Waals surface area contributed by atoms with Gasteiger partial charge in [-0.05, 0) is 35.0 Å². The molecule has 6 heteroatoms. The lowest BCUT2D eigenvalue weighted by Gasteiger charge is -2.10. The van der Waals surface area contributed by atoms with Crippen molar-refractivity contribution in [2.75, 3.05) is 27.2 Å². The highest BCUT2D eigenvalue weighted by molar-refractivity contribution is 14.0. The largest absolute Gasteiger partial charge is 0.492 e. The lowest BCUT2D eigenvalue weighted by Crippen LogP contribution is -2.37. The van der Waals surface area contributed by atoms with Gasteiger partial charge in [0.05, 0.1) is 6.54 Å². The third kappa shape index (κ3) is 5.35. The molecule has 0 saturated heterocycles. The molecule has 2 rings (SSSR count). The van der Waals surface area contributed by atoms with Gasteiger partial charge in [0.2, 0.25) is 0 Å². The molecule has 0 aliphatic carbocycles. The highest BCUT2D eigenvalue weighted by Gasteiger charge is 1.99. The van der Waals surface area contributed by atoms with E-state index in [0.717, 1.165) is 16.2 Å². The van der Waals surface area contributed by atoms with E-state index in [-0.39, 0.29) is 24.0 Å². The summed E-state index contributed by atoms with van der Waals surface area (Å²) in [6.07, 6.45) is 0. The van der Waals surface area contributed by atoms with Gasteiger partial charge >= 0.3 is 0 Å². The summed E-state index contributed by atoms with van der Waals surface area (Å²) in [7, 11) is 3.57. The Morgan fingerprint density at radius 3 is 2.62 bits per heavy atom. The Morgan fingerprint density at radius 1 is 1.19 bits per heavy atom. The topological polar surface area (TPSA) is 45.7 Å². The van der Waals surface area contributed by atoms with E-state index in [4.69, 9.17) is 4.74 Å². The summed E-state index contributed by atoms with van der Waals surface area (Å²) in [5, 5.41) is 8.47. The van der Waals surface area contributed by atoms with Crippen LogP contribution in [0.25, 0.3) is 10.8 Å². The second kappa shape index (κ2) is 9.09. The fourth-order valence-electron chi connectivity index (χ4n) is 1.90. The molecule has 0 unspecified atom stereocenters. The molecule has 0 heterocycles. The van der Waals surface area contributed by atoms with E-state index >= 15 is 0 Å². The van der Waals surface area contributed by atoms with Crippen molar-refractivity contribution >= 4 is 56.6 Å². The summed E-state index contributed by atoms with van der Waals surface area (Å²) < 4.78 is 6.81. The van der Waals surface area contributed by atoms with Gasteiger partial charge in [0, 0.05) is 18.6 Å². The highest BCUT2D eigenvalue weighted by atomic mass is 127. The monoisotopic (exact) mass is 463 g/mol. The molecule has 2 aromatic carbocycles. The van der Waals surface area contributed by atoms with E-state index in [1.807, 2.05) is 19.2 Å². The van der Waals surface area contributed by atoms with Crippen LogP contribution in [0.2, 0.25) is 0 Å². The fraction of sp³-hybridized carbons (Fsp3) is 0.267.